The minimum atomic E-state index is -2.14. The first-order valence-corrected chi connectivity index (χ1v) is 18.8. The quantitative estimate of drug-likeness (QED) is 0.617. The van der Waals surface area contributed by atoms with Crippen molar-refractivity contribution in [2.75, 3.05) is 0 Å². The van der Waals surface area contributed by atoms with Crippen molar-refractivity contribution in [3.63, 3.8) is 0 Å². The summed E-state index contributed by atoms with van der Waals surface area (Å²) >= 11 is -2.14. The van der Waals surface area contributed by atoms with Crippen LogP contribution in [-0.4, -0.2) is 5.92 Å². The van der Waals surface area contributed by atoms with Crippen LogP contribution in [0.15, 0.2) is 42.0 Å². The third-order valence-electron chi connectivity index (χ3n) is 4.58. The van der Waals surface area contributed by atoms with Crippen LogP contribution >= 0.6 is 12.4 Å². The minimum absolute atomic E-state index is 0. The Balaban J connectivity index is 0.00000162. The molecule has 2 aliphatic rings. The van der Waals surface area contributed by atoms with Gasteiger partial charge in [-0.25, -0.2) is 0 Å². The molecule has 0 fully saturated rings. The van der Waals surface area contributed by atoms with Gasteiger partial charge >= 0.3 is 112 Å². The van der Waals surface area contributed by atoms with Crippen molar-refractivity contribution in [1.29, 1.82) is 0 Å². The molecule has 0 amide bonds. The van der Waals surface area contributed by atoms with Gasteiger partial charge in [0.05, 0.1) is 0 Å². The van der Waals surface area contributed by atoms with Gasteiger partial charge < -0.3 is 0 Å². The number of rotatable bonds is 3. The topological polar surface area (TPSA) is 0 Å². The van der Waals surface area contributed by atoms with Gasteiger partial charge in [-0.2, -0.15) is 0 Å². The maximum absolute atomic E-state index is 2.70. The van der Waals surface area contributed by atoms with Crippen LogP contribution in [0.3, 0.4) is 0 Å². The number of hydrogen-bond donors (Lipinski definition) is 0. The molecule has 0 atom stereocenters. The van der Waals surface area contributed by atoms with Gasteiger partial charge in [0.15, 0.2) is 0 Å². The van der Waals surface area contributed by atoms with E-state index in [1.54, 1.807) is 0 Å². The van der Waals surface area contributed by atoms with E-state index in [4.69, 9.17) is 0 Å². The molecule has 0 unspecified atom stereocenters. The first-order valence-electron chi connectivity index (χ1n) is 6.70. The molecule has 0 saturated carbocycles. The van der Waals surface area contributed by atoms with Gasteiger partial charge in [-0.1, -0.05) is 0 Å². The summed E-state index contributed by atoms with van der Waals surface area (Å²) in [6.45, 7) is 9.68. The Morgan fingerprint density at radius 3 is 1.56 bits per heavy atom. The second-order valence-electron chi connectivity index (χ2n) is 6.00. The van der Waals surface area contributed by atoms with Crippen LogP contribution in [0.1, 0.15) is 26.7 Å². The largest absolute Gasteiger partial charge is 0.147 e. The predicted octanol–water partition coefficient (Wildman–Crippen LogP) is 5.06. The van der Waals surface area contributed by atoms with Crippen molar-refractivity contribution in [3.8, 4) is 0 Å². The standard InChI is InChI=1S/2C6H7.C2H7Si.CH3.ClH.Zr/c2*1-6-4-2-3-5-6;1-3-2;;;/h2*4-5H,2H2,1H3;3H,1-2H3;1H3;1H;. The smallest absolute Gasteiger partial charge is 0.147 e. The fourth-order valence-electron chi connectivity index (χ4n) is 3.00. The van der Waals surface area contributed by atoms with Gasteiger partial charge in [0, 0.05) is 0 Å². The first-order chi connectivity index (χ1) is 7.94. The molecule has 0 nitrogen and oxygen atoms in total. The Labute approximate surface area is 123 Å². The van der Waals surface area contributed by atoms with E-state index in [2.05, 4.69) is 55.9 Å². The molecule has 0 aromatic rings. The second-order valence-corrected chi connectivity index (χ2v) is 32.7. The van der Waals surface area contributed by atoms with E-state index in [1.807, 2.05) is 6.56 Å². The molecule has 0 N–H and O–H groups in total. The van der Waals surface area contributed by atoms with Crippen molar-refractivity contribution >= 4 is 18.3 Å². The Bertz CT molecular complexity index is 419. The zero-order valence-electron chi connectivity index (χ0n) is 12.2. The molecule has 2 aliphatic carbocycles. The normalized spacial score (nSPS) is 19.2. The maximum atomic E-state index is 2.70. The molecule has 18 heavy (non-hydrogen) atoms. The molecule has 0 spiro atoms. The third kappa shape index (κ3) is 2.92. The van der Waals surface area contributed by atoms with Gasteiger partial charge in [0.1, 0.15) is 0 Å². The van der Waals surface area contributed by atoms with E-state index in [9.17, 15) is 0 Å². The maximum Gasteiger partial charge on any atom is -0.147 e. The zero-order chi connectivity index (χ0) is 12.6. The molecule has 2 rings (SSSR count). The summed E-state index contributed by atoms with van der Waals surface area (Å²) in [4.78, 5) is 0. The molecule has 0 aromatic carbocycles. The fourth-order valence-corrected chi connectivity index (χ4v) is 24.0. The molecule has 0 aromatic heterocycles. The summed E-state index contributed by atoms with van der Waals surface area (Å²) in [6.07, 6.45) is 12.4. The van der Waals surface area contributed by atoms with E-state index < -0.39 is 25.4 Å². The van der Waals surface area contributed by atoms with Crippen LogP contribution in [0.25, 0.3) is 0 Å². The molecule has 100 valence electrons. The van der Waals surface area contributed by atoms with E-state index in [0.717, 1.165) is 0 Å². The Kier molecular flexibility index (Phi) is 5.65. The summed E-state index contributed by atoms with van der Waals surface area (Å²) in [5, 5.41) is 0. The van der Waals surface area contributed by atoms with Gasteiger partial charge in [-0.05, 0) is 0 Å². The molecular weight excluding hydrogens is 335 g/mol. The summed E-state index contributed by atoms with van der Waals surface area (Å²) in [7, 11) is 0. The fraction of sp³-hybridized carbons (Fsp3) is 0.467. The van der Waals surface area contributed by atoms with Crippen LogP contribution < -0.4 is 0 Å². The molecule has 0 radical (unpaired) electrons. The average Bonchev–Trinajstić information content (AvgIpc) is 2.86. The average molecular weight is 360 g/mol. The summed E-state index contributed by atoms with van der Waals surface area (Å²) in [5.74, 6) is -0.555. The summed E-state index contributed by atoms with van der Waals surface area (Å²) in [6, 6.07) is 0. The number of hydrogen-bond acceptors (Lipinski definition) is 0. The zero-order valence-corrected chi connectivity index (χ0v) is 16.6. The van der Waals surface area contributed by atoms with Crippen molar-refractivity contribution in [1.82, 2.24) is 0 Å². The van der Waals surface area contributed by atoms with E-state index in [-0.39, 0.29) is 12.4 Å². The summed E-state index contributed by atoms with van der Waals surface area (Å²) in [5.41, 5.74) is 3.00. The van der Waals surface area contributed by atoms with Gasteiger partial charge in [0.25, 0.3) is 0 Å². The Morgan fingerprint density at radius 1 is 0.944 bits per heavy atom. The van der Waals surface area contributed by atoms with Crippen LogP contribution in [0.2, 0.25) is 17.7 Å². The van der Waals surface area contributed by atoms with Crippen molar-refractivity contribution in [3.05, 3.63) is 42.0 Å². The molecule has 0 bridgehead atoms. The predicted molar refractivity (Wildman–Crippen MR) is 84.9 cm³/mol. The number of allylic oxidation sites excluding steroid dienone is 8. The van der Waals surface area contributed by atoms with Crippen LogP contribution in [-0.2, 0) is 19.4 Å². The minimum Gasteiger partial charge on any atom is -0.147 e. The van der Waals surface area contributed by atoms with E-state index in [0.29, 0.717) is 0 Å². The molecule has 3 heteroatoms. The molecule has 0 heterocycles. The monoisotopic (exact) mass is 358 g/mol. The van der Waals surface area contributed by atoms with Gasteiger partial charge in [-0.15, -0.1) is 12.4 Å². The molecule has 0 saturated heterocycles. The van der Waals surface area contributed by atoms with E-state index in [1.165, 1.54) is 24.0 Å². The van der Waals surface area contributed by atoms with Crippen LogP contribution in [0, 0.1) is 0 Å². The van der Waals surface area contributed by atoms with Gasteiger partial charge in [0.2, 0.25) is 0 Å². The molecular formula is C15H25ClSiZr. The van der Waals surface area contributed by atoms with Crippen molar-refractivity contribution in [2.45, 2.75) is 44.4 Å². The van der Waals surface area contributed by atoms with E-state index >= 15 is 0 Å². The summed E-state index contributed by atoms with van der Waals surface area (Å²) < 4.78 is 6.43. The van der Waals surface area contributed by atoms with Gasteiger partial charge in [-0.3, -0.25) is 0 Å². The second kappa shape index (κ2) is 6.20. The SMILES string of the molecule is CC1=CC[C]([Zr]([CH3])([C]2=CC(C)=CC2)[SiH](C)C)=C1.Cl. The third-order valence-corrected chi connectivity index (χ3v) is 36.6. The van der Waals surface area contributed by atoms with Crippen molar-refractivity contribution in [2.24, 2.45) is 0 Å². The Morgan fingerprint density at radius 2 is 1.33 bits per heavy atom. The number of halogens is 1. The Hall–Kier alpha value is 0.350. The first kappa shape index (κ1) is 16.4. The molecule has 0 aliphatic heterocycles. The van der Waals surface area contributed by atoms with Crippen LogP contribution in [0.4, 0.5) is 0 Å². The van der Waals surface area contributed by atoms with Crippen molar-refractivity contribution < 1.29 is 19.4 Å². The van der Waals surface area contributed by atoms with Crippen LogP contribution in [0.5, 0.6) is 0 Å².